The summed E-state index contributed by atoms with van der Waals surface area (Å²) in [4.78, 5) is 4.53. The Labute approximate surface area is 122 Å². The summed E-state index contributed by atoms with van der Waals surface area (Å²) < 4.78 is 23.9. The van der Waals surface area contributed by atoms with Crippen LogP contribution in [0.25, 0.3) is 0 Å². The Morgan fingerprint density at radius 1 is 1.10 bits per heavy atom. The van der Waals surface area contributed by atoms with Crippen LogP contribution in [0.5, 0.6) is 0 Å². The summed E-state index contributed by atoms with van der Waals surface area (Å²) >= 11 is 0. The number of sulfone groups is 1. The SMILES string of the molecule is CC(C)CCCN1CCN(CCO)[C@@H]2CS(=O)(=O)C[C@@H]21. The van der Waals surface area contributed by atoms with Gasteiger partial charge in [0.15, 0.2) is 9.84 Å². The number of β-amino-alcohol motifs (C(OH)–C–C–N with tert-alkyl or cyclic N) is 1. The van der Waals surface area contributed by atoms with Gasteiger partial charge in [-0.15, -0.1) is 0 Å². The van der Waals surface area contributed by atoms with E-state index in [1.807, 2.05) is 0 Å². The third kappa shape index (κ3) is 3.93. The van der Waals surface area contributed by atoms with Crippen LogP contribution in [0, 0.1) is 5.92 Å². The van der Waals surface area contributed by atoms with Gasteiger partial charge < -0.3 is 5.11 Å². The third-order valence-corrected chi connectivity index (χ3v) is 6.22. The van der Waals surface area contributed by atoms with Crippen molar-refractivity contribution in [1.82, 2.24) is 9.80 Å². The molecule has 2 heterocycles. The number of hydrogen-bond acceptors (Lipinski definition) is 5. The van der Waals surface area contributed by atoms with Gasteiger partial charge in [-0.05, 0) is 25.3 Å². The largest absolute Gasteiger partial charge is 0.395 e. The summed E-state index contributed by atoms with van der Waals surface area (Å²) in [5.74, 6) is 1.26. The molecular weight excluding hydrogens is 276 g/mol. The maximum atomic E-state index is 12.0. The zero-order valence-electron chi connectivity index (χ0n) is 12.7. The number of fused-ring (bicyclic) bond motifs is 1. The van der Waals surface area contributed by atoms with E-state index in [9.17, 15) is 8.42 Å². The summed E-state index contributed by atoms with van der Waals surface area (Å²) in [5, 5.41) is 9.13. The molecule has 0 saturated carbocycles. The summed E-state index contributed by atoms with van der Waals surface area (Å²) in [6.45, 7) is 7.95. The maximum Gasteiger partial charge on any atom is 0.153 e. The van der Waals surface area contributed by atoms with Crippen molar-refractivity contribution in [3.63, 3.8) is 0 Å². The molecule has 0 aliphatic carbocycles. The molecule has 0 aromatic heterocycles. The lowest BCUT2D eigenvalue weighted by Gasteiger charge is -2.43. The molecule has 2 aliphatic rings. The molecule has 2 rings (SSSR count). The Morgan fingerprint density at radius 3 is 2.15 bits per heavy atom. The zero-order chi connectivity index (χ0) is 14.8. The van der Waals surface area contributed by atoms with E-state index < -0.39 is 9.84 Å². The molecule has 2 aliphatic heterocycles. The fourth-order valence-corrected chi connectivity index (χ4v) is 5.53. The number of nitrogens with zero attached hydrogens (tertiary/aromatic N) is 2. The Balaban J connectivity index is 1.99. The van der Waals surface area contributed by atoms with Crippen LogP contribution in [-0.2, 0) is 9.84 Å². The molecule has 0 aromatic rings. The van der Waals surface area contributed by atoms with E-state index in [-0.39, 0.29) is 24.4 Å². The van der Waals surface area contributed by atoms with Crippen LogP contribution in [0.4, 0.5) is 0 Å². The quantitative estimate of drug-likeness (QED) is 0.759. The summed E-state index contributed by atoms with van der Waals surface area (Å²) in [6, 6.07) is 0.215. The highest BCUT2D eigenvalue weighted by Gasteiger charge is 2.45. The molecule has 118 valence electrons. The van der Waals surface area contributed by atoms with Crippen molar-refractivity contribution in [3.05, 3.63) is 0 Å². The first-order valence-electron chi connectivity index (χ1n) is 7.72. The van der Waals surface area contributed by atoms with Gasteiger partial charge in [0.05, 0.1) is 18.1 Å². The summed E-state index contributed by atoms with van der Waals surface area (Å²) in [7, 11) is -2.92. The van der Waals surface area contributed by atoms with E-state index in [0.717, 1.165) is 26.1 Å². The highest BCUT2D eigenvalue weighted by Crippen LogP contribution is 2.27. The van der Waals surface area contributed by atoms with E-state index >= 15 is 0 Å². The molecule has 0 bridgehead atoms. The van der Waals surface area contributed by atoms with E-state index in [1.54, 1.807) is 0 Å². The molecule has 2 atom stereocenters. The van der Waals surface area contributed by atoms with Crippen LogP contribution in [0.3, 0.4) is 0 Å². The van der Waals surface area contributed by atoms with Gasteiger partial charge >= 0.3 is 0 Å². The minimum atomic E-state index is -2.92. The van der Waals surface area contributed by atoms with Crippen molar-refractivity contribution in [2.45, 2.75) is 38.8 Å². The van der Waals surface area contributed by atoms with E-state index in [1.165, 1.54) is 6.42 Å². The number of aliphatic hydroxyl groups excluding tert-OH is 1. The molecule has 6 heteroatoms. The molecule has 0 radical (unpaired) electrons. The van der Waals surface area contributed by atoms with Crippen molar-refractivity contribution in [3.8, 4) is 0 Å². The second kappa shape index (κ2) is 6.73. The molecule has 1 N–H and O–H groups in total. The molecule has 0 aromatic carbocycles. The standard InChI is InChI=1S/C14H28N2O3S/c1-12(2)4-3-5-15-6-7-16(8-9-17)14-11-20(18,19)10-13(14)15/h12-14,17H,3-11H2,1-2H3/t13-,14+/m0/s1. The predicted molar refractivity (Wildman–Crippen MR) is 80.5 cm³/mol. The Bertz CT molecular complexity index is 411. The zero-order valence-corrected chi connectivity index (χ0v) is 13.5. The number of hydrogen-bond donors (Lipinski definition) is 1. The highest BCUT2D eigenvalue weighted by atomic mass is 32.2. The van der Waals surface area contributed by atoms with Crippen LogP contribution in [-0.4, -0.2) is 79.7 Å². The Hall–Kier alpha value is -0.170. The molecule has 20 heavy (non-hydrogen) atoms. The Morgan fingerprint density at radius 2 is 1.65 bits per heavy atom. The second-order valence-corrected chi connectivity index (χ2v) is 8.70. The van der Waals surface area contributed by atoms with Crippen molar-refractivity contribution >= 4 is 9.84 Å². The van der Waals surface area contributed by atoms with E-state index in [4.69, 9.17) is 5.11 Å². The fraction of sp³-hybridized carbons (Fsp3) is 1.00. The monoisotopic (exact) mass is 304 g/mol. The molecule has 0 spiro atoms. The average Bonchev–Trinajstić information content (AvgIpc) is 2.67. The second-order valence-electron chi connectivity index (χ2n) is 6.54. The average molecular weight is 304 g/mol. The van der Waals surface area contributed by atoms with Crippen LogP contribution in [0.15, 0.2) is 0 Å². The predicted octanol–water partition coefficient (Wildman–Crippen LogP) is 0.198. The van der Waals surface area contributed by atoms with Gasteiger partial charge in [0.25, 0.3) is 0 Å². The van der Waals surface area contributed by atoms with Crippen molar-refractivity contribution in [2.75, 3.05) is 44.3 Å². The summed E-state index contributed by atoms with van der Waals surface area (Å²) in [6.07, 6.45) is 2.34. The van der Waals surface area contributed by atoms with Crippen LogP contribution < -0.4 is 0 Å². The van der Waals surface area contributed by atoms with Crippen LogP contribution >= 0.6 is 0 Å². The first-order chi connectivity index (χ1) is 9.43. The lowest BCUT2D eigenvalue weighted by Crippen LogP contribution is -2.59. The maximum absolute atomic E-state index is 12.0. The Kier molecular flexibility index (Phi) is 5.45. The van der Waals surface area contributed by atoms with Gasteiger partial charge in [-0.1, -0.05) is 13.8 Å². The van der Waals surface area contributed by atoms with Gasteiger partial charge in [-0.25, -0.2) is 8.42 Å². The third-order valence-electron chi connectivity index (χ3n) is 4.52. The summed E-state index contributed by atoms with van der Waals surface area (Å²) in [5.41, 5.74) is 0. The molecule has 5 nitrogen and oxygen atoms in total. The molecule has 0 amide bonds. The first kappa shape index (κ1) is 16.2. The first-order valence-corrected chi connectivity index (χ1v) is 9.54. The number of rotatable bonds is 6. The number of piperazine rings is 1. The van der Waals surface area contributed by atoms with Gasteiger partial charge in [-0.3, -0.25) is 9.80 Å². The molecule has 2 fully saturated rings. The lowest BCUT2D eigenvalue weighted by molar-refractivity contribution is 0.0340. The fourth-order valence-electron chi connectivity index (χ4n) is 3.48. The van der Waals surface area contributed by atoms with Crippen molar-refractivity contribution < 1.29 is 13.5 Å². The van der Waals surface area contributed by atoms with Crippen LogP contribution in [0.2, 0.25) is 0 Å². The molecule has 0 unspecified atom stereocenters. The van der Waals surface area contributed by atoms with E-state index in [2.05, 4.69) is 23.6 Å². The molecular formula is C14H28N2O3S. The van der Waals surface area contributed by atoms with Gasteiger partial charge in [0, 0.05) is 31.7 Å². The minimum Gasteiger partial charge on any atom is -0.395 e. The smallest absolute Gasteiger partial charge is 0.153 e. The van der Waals surface area contributed by atoms with Gasteiger partial charge in [-0.2, -0.15) is 0 Å². The molecule has 2 saturated heterocycles. The van der Waals surface area contributed by atoms with E-state index in [0.29, 0.717) is 18.2 Å². The van der Waals surface area contributed by atoms with Crippen molar-refractivity contribution in [1.29, 1.82) is 0 Å². The minimum absolute atomic E-state index is 0.0833. The number of aliphatic hydroxyl groups is 1. The lowest BCUT2D eigenvalue weighted by atomic mass is 10.0. The van der Waals surface area contributed by atoms with Crippen LogP contribution in [0.1, 0.15) is 26.7 Å². The topological polar surface area (TPSA) is 60.9 Å². The normalized spacial score (nSPS) is 30.8. The van der Waals surface area contributed by atoms with Gasteiger partial charge in [0.2, 0.25) is 0 Å². The highest BCUT2D eigenvalue weighted by molar-refractivity contribution is 7.91. The van der Waals surface area contributed by atoms with Gasteiger partial charge in [0.1, 0.15) is 0 Å². The van der Waals surface area contributed by atoms with Crippen molar-refractivity contribution in [2.24, 2.45) is 5.92 Å².